The SMILES string of the molecule is O=C(CCc1cc(-c2ccc(C(F)(F)F)cc2)ncn1)[C@@H]1CCCN1S(=O)(=O)c1ccc([N+](=O)[O-])cc1. The molecule has 0 amide bonds. The molecule has 0 N–H and O–H groups in total. The fourth-order valence-corrected chi connectivity index (χ4v) is 5.84. The second kappa shape index (κ2) is 10.3. The summed E-state index contributed by atoms with van der Waals surface area (Å²) in [7, 11) is -4.03. The van der Waals surface area contributed by atoms with Gasteiger partial charge in [0.2, 0.25) is 10.0 Å². The molecule has 37 heavy (non-hydrogen) atoms. The number of nitrogens with zero attached hydrogens (tertiary/aromatic N) is 4. The van der Waals surface area contributed by atoms with Crippen molar-refractivity contribution < 1.29 is 31.3 Å². The van der Waals surface area contributed by atoms with Crippen LogP contribution in [0.5, 0.6) is 0 Å². The normalized spacial score (nSPS) is 16.6. The van der Waals surface area contributed by atoms with Crippen molar-refractivity contribution in [2.24, 2.45) is 0 Å². The molecular formula is C24H21F3N4O5S. The van der Waals surface area contributed by atoms with E-state index in [2.05, 4.69) is 9.97 Å². The summed E-state index contributed by atoms with van der Waals surface area (Å²) in [6.45, 7) is 0.154. The number of sulfonamides is 1. The molecule has 194 valence electrons. The fraction of sp³-hybridized carbons (Fsp3) is 0.292. The number of nitro groups is 1. The minimum Gasteiger partial charge on any atom is -0.298 e. The highest BCUT2D eigenvalue weighted by molar-refractivity contribution is 7.89. The van der Waals surface area contributed by atoms with E-state index in [0.29, 0.717) is 29.8 Å². The van der Waals surface area contributed by atoms with Gasteiger partial charge in [0.1, 0.15) is 6.33 Å². The summed E-state index contributed by atoms with van der Waals surface area (Å²) in [6.07, 6.45) is -2.15. The van der Waals surface area contributed by atoms with Gasteiger partial charge in [-0.1, -0.05) is 12.1 Å². The molecule has 0 aliphatic carbocycles. The standard InChI is InChI=1S/C24H21F3N4O5S/c25-24(26,27)17-5-3-16(4-6-17)21-14-18(28-15-29-21)7-12-23(32)22-2-1-13-30(22)37(35,36)20-10-8-19(9-11-20)31(33)34/h3-6,8-11,14-15,22H,1-2,7,12-13H2/t22-/m0/s1. The Morgan fingerprint density at radius 2 is 1.76 bits per heavy atom. The zero-order valence-corrected chi connectivity index (χ0v) is 20.1. The zero-order valence-electron chi connectivity index (χ0n) is 19.3. The van der Waals surface area contributed by atoms with Gasteiger partial charge in [-0.25, -0.2) is 18.4 Å². The van der Waals surface area contributed by atoms with Crippen LogP contribution in [0.1, 0.15) is 30.5 Å². The number of hydrogen-bond donors (Lipinski definition) is 0. The van der Waals surface area contributed by atoms with Crippen LogP contribution in [-0.4, -0.2) is 46.0 Å². The van der Waals surface area contributed by atoms with Crippen LogP contribution < -0.4 is 0 Å². The molecule has 1 atom stereocenters. The van der Waals surface area contributed by atoms with Gasteiger partial charge in [0.05, 0.1) is 27.1 Å². The van der Waals surface area contributed by atoms with Crippen LogP contribution in [0, 0.1) is 10.1 Å². The van der Waals surface area contributed by atoms with E-state index in [9.17, 15) is 36.5 Å². The average Bonchev–Trinajstić information content (AvgIpc) is 3.38. The van der Waals surface area contributed by atoms with Gasteiger partial charge in [0.15, 0.2) is 5.78 Å². The first-order chi connectivity index (χ1) is 17.5. The molecule has 1 aromatic heterocycles. The van der Waals surface area contributed by atoms with E-state index < -0.39 is 32.7 Å². The summed E-state index contributed by atoms with van der Waals surface area (Å²) in [6, 6.07) is 9.74. The lowest BCUT2D eigenvalue weighted by Crippen LogP contribution is -2.40. The minimum atomic E-state index is -4.45. The number of alkyl halides is 3. The Morgan fingerprint density at radius 3 is 2.38 bits per heavy atom. The lowest BCUT2D eigenvalue weighted by molar-refractivity contribution is -0.384. The summed E-state index contributed by atoms with van der Waals surface area (Å²) in [4.78, 5) is 31.3. The number of carbonyl (C=O) groups excluding carboxylic acids is 1. The van der Waals surface area contributed by atoms with E-state index in [4.69, 9.17) is 0 Å². The number of ketones is 1. The number of hydrogen-bond acceptors (Lipinski definition) is 7. The Morgan fingerprint density at radius 1 is 1.08 bits per heavy atom. The van der Waals surface area contributed by atoms with Gasteiger partial charge < -0.3 is 0 Å². The molecule has 9 nitrogen and oxygen atoms in total. The van der Waals surface area contributed by atoms with Crippen LogP contribution in [0.4, 0.5) is 18.9 Å². The number of nitro benzene ring substituents is 1. The lowest BCUT2D eigenvalue weighted by atomic mass is 10.0. The summed E-state index contributed by atoms with van der Waals surface area (Å²) < 4.78 is 65.8. The first-order valence-corrected chi connectivity index (χ1v) is 12.7. The molecule has 1 aliphatic rings. The van der Waals surface area contributed by atoms with Crippen molar-refractivity contribution in [2.45, 2.75) is 42.8 Å². The smallest absolute Gasteiger partial charge is 0.298 e. The Kier molecular flexibility index (Phi) is 7.37. The summed E-state index contributed by atoms with van der Waals surface area (Å²) in [5.74, 6) is -0.294. The molecular weight excluding hydrogens is 513 g/mol. The predicted molar refractivity (Wildman–Crippen MR) is 126 cm³/mol. The molecule has 1 saturated heterocycles. The van der Waals surface area contributed by atoms with E-state index in [1.54, 1.807) is 6.07 Å². The first-order valence-electron chi connectivity index (χ1n) is 11.2. The third-order valence-electron chi connectivity index (χ3n) is 6.09. The number of carbonyl (C=O) groups is 1. The second-order valence-corrected chi connectivity index (χ2v) is 10.4. The van der Waals surface area contributed by atoms with Crippen molar-refractivity contribution in [1.29, 1.82) is 0 Å². The van der Waals surface area contributed by atoms with Gasteiger partial charge in [0, 0.05) is 36.4 Å². The van der Waals surface area contributed by atoms with Crippen molar-refractivity contribution in [1.82, 2.24) is 14.3 Å². The quantitative estimate of drug-likeness (QED) is 0.309. The molecule has 0 unspecified atom stereocenters. The number of halogens is 3. The van der Waals surface area contributed by atoms with Crippen LogP contribution in [0.15, 0.2) is 65.8 Å². The molecule has 0 radical (unpaired) electrons. The molecule has 2 heterocycles. The number of aromatic nitrogens is 2. The van der Waals surface area contributed by atoms with Crippen molar-refractivity contribution >= 4 is 21.5 Å². The Hall–Kier alpha value is -3.71. The maximum atomic E-state index is 13.1. The molecule has 4 rings (SSSR count). The van der Waals surface area contributed by atoms with Crippen LogP contribution in [-0.2, 0) is 27.4 Å². The van der Waals surface area contributed by atoms with E-state index in [1.807, 2.05) is 0 Å². The van der Waals surface area contributed by atoms with Crippen LogP contribution in [0.25, 0.3) is 11.3 Å². The van der Waals surface area contributed by atoms with Crippen molar-refractivity contribution in [3.8, 4) is 11.3 Å². The molecule has 13 heteroatoms. The Labute approximate surface area is 210 Å². The van der Waals surface area contributed by atoms with E-state index in [1.165, 1.54) is 18.5 Å². The number of rotatable bonds is 8. The molecule has 0 saturated carbocycles. The number of benzene rings is 2. The van der Waals surface area contributed by atoms with E-state index in [0.717, 1.165) is 40.7 Å². The molecule has 0 spiro atoms. The lowest BCUT2D eigenvalue weighted by Gasteiger charge is -2.23. The molecule has 2 aromatic carbocycles. The fourth-order valence-electron chi connectivity index (χ4n) is 4.16. The minimum absolute atomic E-state index is 0.000410. The largest absolute Gasteiger partial charge is 0.416 e. The third-order valence-corrected chi connectivity index (χ3v) is 8.01. The summed E-state index contributed by atoms with van der Waals surface area (Å²) in [5.41, 5.74) is 0.323. The highest BCUT2D eigenvalue weighted by atomic mass is 32.2. The Bertz CT molecular complexity index is 1410. The predicted octanol–water partition coefficient (Wildman–Crippen LogP) is 4.43. The first kappa shape index (κ1) is 26.4. The van der Waals surface area contributed by atoms with Crippen LogP contribution in [0.3, 0.4) is 0 Å². The highest BCUT2D eigenvalue weighted by Gasteiger charge is 2.39. The van der Waals surface area contributed by atoms with Crippen molar-refractivity contribution in [2.75, 3.05) is 6.54 Å². The number of Topliss-reactive ketones (excluding diaryl/α,β-unsaturated/α-hetero) is 1. The van der Waals surface area contributed by atoms with Gasteiger partial charge >= 0.3 is 6.18 Å². The van der Waals surface area contributed by atoms with Gasteiger partial charge in [0.25, 0.3) is 5.69 Å². The van der Waals surface area contributed by atoms with Gasteiger partial charge in [-0.05, 0) is 49.6 Å². The van der Waals surface area contributed by atoms with E-state index in [-0.39, 0.29) is 35.8 Å². The maximum absolute atomic E-state index is 13.1. The number of aryl methyl sites for hydroxylation is 1. The van der Waals surface area contributed by atoms with E-state index >= 15 is 0 Å². The summed E-state index contributed by atoms with van der Waals surface area (Å²) >= 11 is 0. The molecule has 1 aliphatic heterocycles. The van der Waals surface area contributed by atoms with Crippen LogP contribution in [0.2, 0.25) is 0 Å². The maximum Gasteiger partial charge on any atom is 0.416 e. The Balaban J connectivity index is 1.44. The molecule has 3 aromatic rings. The highest BCUT2D eigenvalue weighted by Crippen LogP contribution is 2.31. The van der Waals surface area contributed by atoms with Crippen molar-refractivity contribution in [3.63, 3.8) is 0 Å². The van der Waals surface area contributed by atoms with Gasteiger partial charge in [-0.3, -0.25) is 14.9 Å². The topological polar surface area (TPSA) is 123 Å². The average molecular weight is 535 g/mol. The van der Waals surface area contributed by atoms with Crippen molar-refractivity contribution in [3.05, 3.63) is 82.3 Å². The number of non-ortho nitro benzene ring substituents is 1. The van der Waals surface area contributed by atoms with Gasteiger partial charge in [-0.15, -0.1) is 0 Å². The monoisotopic (exact) mass is 534 g/mol. The third kappa shape index (κ3) is 5.83. The summed E-state index contributed by atoms with van der Waals surface area (Å²) in [5, 5.41) is 10.9. The zero-order chi connectivity index (χ0) is 26.8. The molecule has 0 bridgehead atoms. The van der Waals surface area contributed by atoms with Gasteiger partial charge in [-0.2, -0.15) is 17.5 Å². The van der Waals surface area contributed by atoms with Crippen LogP contribution >= 0.6 is 0 Å². The second-order valence-electron chi connectivity index (χ2n) is 8.46. The molecule has 1 fully saturated rings.